The topological polar surface area (TPSA) is 89.7 Å². The van der Waals surface area contributed by atoms with Crippen molar-refractivity contribution >= 4 is 16.0 Å². The summed E-state index contributed by atoms with van der Waals surface area (Å²) in [7, 11) is -2.52. The fourth-order valence-electron chi connectivity index (χ4n) is 2.60. The van der Waals surface area contributed by atoms with E-state index in [1.165, 1.54) is 11.4 Å². The molecule has 0 aromatic heterocycles. The van der Waals surface area contributed by atoms with Crippen molar-refractivity contribution in [3.63, 3.8) is 0 Å². The highest BCUT2D eigenvalue weighted by Gasteiger charge is 2.36. The van der Waals surface area contributed by atoms with Gasteiger partial charge in [-0.2, -0.15) is 4.31 Å². The normalized spacial score (nSPS) is 13.2. The molecule has 7 heteroatoms. The molecule has 6 nitrogen and oxygen atoms in total. The molecule has 1 aromatic rings. The maximum atomic E-state index is 13.2. The molecule has 0 radical (unpaired) electrons. The molecule has 25 heavy (non-hydrogen) atoms. The Labute approximate surface area is 151 Å². The van der Waals surface area contributed by atoms with Crippen LogP contribution in [0.5, 0.6) is 0 Å². The maximum absolute atomic E-state index is 13.2. The number of nitrogens with two attached hydrogens (primary N) is 1. The first kappa shape index (κ1) is 21.6. The van der Waals surface area contributed by atoms with Crippen LogP contribution in [0.4, 0.5) is 0 Å². The Morgan fingerprint density at radius 3 is 2.28 bits per heavy atom. The molecule has 142 valence electrons. The minimum atomic E-state index is -3.80. The Kier molecular flexibility index (Phi) is 8.55. The predicted molar refractivity (Wildman–Crippen MR) is 98.6 cm³/mol. The van der Waals surface area contributed by atoms with E-state index in [4.69, 9.17) is 10.5 Å². The summed E-state index contributed by atoms with van der Waals surface area (Å²) in [5.41, 5.74) is 6.50. The van der Waals surface area contributed by atoms with Crippen molar-refractivity contribution in [1.82, 2.24) is 4.31 Å². The number of methoxy groups -OCH3 is 1. The number of ether oxygens (including phenoxy) is 1. The number of benzene rings is 1. The second-order valence-corrected chi connectivity index (χ2v) is 8.50. The third-order valence-corrected chi connectivity index (χ3v) is 5.81. The van der Waals surface area contributed by atoms with Crippen molar-refractivity contribution in [2.75, 3.05) is 20.2 Å². The van der Waals surface area contributed by atoms with Crippen LogP contribution >= 0.6 is 0 Å². The largest absolute Gasteiger partial charge is 0.468 e. The first-order valence-electron chi connectivity index (χ1n) is 8.60. The Morgan fingerprint density at radius 1 is 1.20 bits per heavy atom. The molecule has 0 saturated heterocycles. The second-order valence-electron chi connectivity index (χ2n) is 6.61. The van der Waals surface area contributed by atoms with Gasteiger partial charge in [-0.1, -0.05) is 31.5 Å². The highest BCUT2D eigenvalue weighted by atomic mass is 32.2. The van der Waals surface area contributed by atoms with Crippen molar-refractivity contribution in [2.24, 2.45) is 11.7 Å². The lowest BCUT2D eigenvalue weighted by molar-refractivity contribution is -0.145. The summed E-state index contributed by atoms with van der Waals surface area (Å²) in [6, 6.07) is 5.81. The Balaban J connectivity index is 3.26. The number of nitrogens with zero attached hydrogens (tertiary/aromatic N) is 1. The molecule has 0 bridgehead atoms. The molecular weight excluding hydrogens is 340 g/mol. The van der Waals surface area contributed by atoms with Crippen molar-refractivity contribution in [3.05, 3.63) is 29.8 Å². The molecule has 0 fully saturated rings. The lowest BCUT2D eigenvalue weighted by Crippen LogP contribution is -2.47. The van der Waals surface area contributed by atoms with Crippen molar-refractivity contribution in [3.8, 4) is 0 Å². The van der Waals surface area contributed by atoms with E-state index in [9.17, 15) is 13.2 Å². The molecule has 0 saturated carbocycles. The van der Waals surface area contributed by atoms with Crippen molar-refractivity contribution in [2.45, 2.75) is 51.0 Å². The lowest BCUT2D eigenvalue weighted by Gasteiger charge is -2.30. The molecule has 0 unspecified atom stereocenters. The van der Waals surface area contributed by atoms with Gasteiger partial charge in [-0.3, -0.25) is 4.79 Å². The number of hydrogen-bond acceptors (Lipinski definition) is 5. The summed E-state index contributed by atoms with van der Waals surface area (Å²) in [6.07, 6.45) is 1.78. The van der Waals surface area contributed by atoms with Crippen LogP contribution in [0.2, 0.25) is 0 Å². The van der Waals surface area contributed by atoms with E-state index in [1.54, 1.807) is 24.3 Å². The number of aryl methyl sites for hydroxylation is 1. The fourth-order valence-corrected chi connectivity index (χ4v) is 4.37. The van der Waals surface area contributed by atoms with E-state index in [2.05, 4.69) is 0 Å². The lowest BCUT2D eigenvalue weighted by atomic mass is 10.1. The van der Waals surface area contributed by atoms with E-state index in [0.29, 0.717) is 19.4 Å². The first-order chi connectivity index (χ1) is 11.7. The van der Waals surface area contributed by atoms with Crippen LogP contribution in [0.1, 0.15) is 38.7 Å². The van der Waals surface area contributed by atoms with Crippen LogP contribution in [-0.2, 0) is 19.6 Å². The summed E-state index contributed by atoms with van der Waals surface area (Å²) in [6.45, 7) is 6.49. The molecule has 0 spiro atoms. The molecule has 1 atom stereocenters. The molecule has 0 aliphatic heterocycles. The SMILES string of the molecule is COC(=O)[C@H](CCCCN)N(CC(C)C)S(=O)(=O)c1ccc(C)cc1. The number of hydrogen-bond donors (Lipinski definition) is 1. The smallest absolute Gasteiger partial charge is 0.324 e. The Morgan fingerprint density at radius 2 is 1.80 bits per heavy atom. The molecular formula is C18H30N2O4S. The van der Waals surface area contributed by atoms with Gasteiger partial charge in [-0.05, 0) is 50.8 Å². The van der Waals surface area contributed by atoms with E-state index in [0.717, 1.165) is 12.0 Å². The molecule has 0 amide bonds. The van der Waals surface area contributed by atoms with Gasteiger partial charge in [-0.25, -0.2) is 8.42 Å². The van der Waals surface area contributed by atoms with Gasteiger partial charge in [0.25, 0.3) is 0 Å². The minimum absolute atomic E-state index is 0.0712. The summed E-state index contributed by atoms with van der Waals surface area (Å²) in [4.78, 5) is 12.5. The molecule has 2 N–H and O–H groups in total. The highest BCUT2D eigenvalue weighted by molar-refractivity contribution is 7.89. The van der Waals surface area contributed by atoms with Crippen LogP contribution in [0.3, 0.4) is 0 Å². The van der Waals surface area contributed by atoms with E-state index in [1.807, 2.05) is 20.8 Å². The standard InChI is InChI=1S/C18H30N2O4S/c1-14(2)13-20(17(18(21)24-4)7-5-6-12-19)25(22,23)16-10-8-15(3)9-11-16/h8-11,14,17H,5-7,12-13,19H2,1-4H3/t17-/m0/s1. The third-order valence-electron chi connectivity index (χ3n) is 3.93. The van der Waals surface area contributed by atoms with Gasteiger partial charge in [0.2, 0.25) is 10.0 Å². The minimum Gasteiger partial charge on any atom is -0.468 e. The van der Waals surface area contributed by atoms with Gasteiger partial charge in [0.15, 0.2) is 0 Å². The molecule has 1 rings (SSSR count). The van der Waals surface area contributed by atoms with E-state index < -0.39 is 22.0 Å². The van der Waals surface area contributed by atoms with Crippen molar-refractivity contribution in [1.29, 1.82) is 0 Å². The Hall–Kier alpha value is -1.44. The average molecular weight is 371 g/mol. The van der Waals surface area contributed by atoms with Gasteiger partial charge in [-0.15, -0.1) is 0 Å². The zero-order valence-corrected chi connectivity index (χ0v) is 16.4. The fraction of sp³-hybridized carbons (Fsp3) is 0.611. The zero-order valence-electron chi connectivity index (χ0n) is 15.6. The third kappa shape index (κ3) is 6.09. The van der Waals surface area contributed by atoms with Crippen LogP contribution in [0.25, 0.3) is 0 Å². The van der Waals surface area contributed by atoms with Crippen LogP contribution in [0.15, 0.2) is 29.2 Å². The molecule has 1 aromatic carbocycles. The summed E-state index contributed by atoms with van der Waals surface area (Å²) in [5.74, 6) is -0.463. The Bertz CT molecular complexity index is 642. The number of carbonyl (C=O) groups excluding carboxylic acids is 1. The molecule has 0 heterocycles. The number of unbranched alkanes of at least 4 members (excludes halogenated alkanes) is 1. The van der Waals surface area contributed by atoms with E-state index >= 15 is 0 Å². The van der Waals surface area contributed by atoms with Crippen LogP contribution in [-0.4, -0.2) is 44.9 Å². The number of rotatable bonds is 10. The average Bonchev–Trinajstić information content (AvgIpc) is 2.56. The highest BCUT2D eigenvalue weighted by Crippen LogP contribution is 2.23. The first-order valence-corrected chi connectivity index (χ1v) is 10.0. The second kappa shape index (κ2) is 9.89. The quantitative estimate of drug-likeness (QED) is 0.504. The summed E-state index contributed by atoms with van der Waals surface area (Å²) < 4.78 is 32.5. The van der Waals surface area contributed by atoms with Crippen molar-refractivity contribution < 1.29 is 17.9 Å². The van der Waals surface area contributed by atoms with Gasteiger partial charge in [0.1, 0.15) is 6.04 Å². The number of esters is 1. The summed E-state index contributed by atoms with van der Waals surface area (Å²) in [5, 5.41) is 0. The summed E-state index contributed by atoms with van der Waals surface area (Å²) >= 11 is 0. The van der Waals surface area contributed by atoms with Gasteiger partial charge >= 0.3 is 5.97 Å². The monoisotopic (exact) mass is 370 g/mol. The van der Waals surface area contributed by atoms with E-state index in [-0.39, 0.29) is 17.4 Å². The van der Waals surface area contributed by atoms with Gasteiger partial charge in [0.05, 0.1) is 12.0 Å². The van der Waals surface area contributed by atoms with Crippen LogP contribution < -0.4 is 5.73 Å². The molecule has 0 aliphatic carbocycles. The van der Waals surface area contributed by atoms with Gasteiger partial charge < -0.3 is 10.5 Å². The zero-order chi connectivity index (χ0) is 19.0. The predicted octanol–water partition coefficient (Wildman–Crippen LogP) is 2.31. The van der Waals surface area contributed by atoms with Crippen LogP contribution in [0, 0.1) is 12.8 Å². The van der Waals surface area contributed by atoms with Gasteiger partial charge in [0, 0.05) is 6.54 Å². The molecule has 0 aliphatic rings. The number of carbonyl (C=O) groups is 1. The maximum Gasteiger partial charge on any atom is 0.324 e. The number of sulfonamides is 1.